The summed E-state index contributed by atoms with van der Waals surface area (Å²) in [6.45, 7) is 3.97. The lowest BCUT2D eigenvalue weighted by Gasteiger charge is -2.02. The smallest absolute Gasteiger partial charge is 0.0935 e. The van der Waals surface area contributed by atoms with Crippen molar-refractivity contribution in [2.24, 2.45) is 0 Å². The first-order valence-corrected chi connectivity index (χ1v) is 4.73. The van der Waals surface area contributed by atoms with E-state index in [9.17, 15) is 0 Å². The van der Waals surface area contributed by atoms with Crippen LogP contribution in [-0.2, 0) is 0 Å². The lowest BCUT2D eigenvalue weighted by molar-refractivity contribution is 1.23. The zero-order chi connectivity index (χ0) is 8.97. The fourth-order valence-corrected chi connectivity index (χ4v) is 1.79. The summed E-state index contributed by atoms with van der Waals surface area (Å²) in [4.78, 5) is 1.17. The number of hydrogen-bond acceptors (Lipinski definition) is 2. The van der Waals surface area contributed by atoms with Crippen LogP contribution in [0.25, 0.3) is 0 Å². The van der Waals surface area contributed by atoms with Crippen molar-refractivity contribution in [3.05, 3.63) is 29.8 Å². The number of aryl methyl sites for hydroxylation is 1. The van der Waals surface area contributed by atoms with Crippen LogP contribution in [0.2, 0.25) is 0 Å². The van der Waals surface area contributed by atoms with Crippen LogP contribution in [-0.4, -0.2) is 5.25 Å². The Balaban J connectivity index is 2.71. The fourth-order valence-electron chi connectivity index (χ4n) is 0.919. The van der Waals surface area contributed by atoms with Crippen LogP contribution in [0.4, 0.5) is 0 Å². The van der Waals surface area contributed by atoms with E-state index in [0.717, 1.165) is 0 Å². The molecular formula is C10H11NS. The molecule has 0 amide bonds. The van der Waals surface area contributed by atoms with Gasteiger partial charge in [0.2, 0.25) is 0 Å². The molecule has 0 saturated heterocycles. The molecule has 1 atom stereocenters. The summed E-state index contributed by atoms with van der Waals surface area (Å²) in [6.07, 6.45) is 0. The third-order valence-electron chi connectivity index (χ3n) is 1.48. The van der Waals surface area contributed by atoms with E-state index in [1.807, 2.05) is 19.1 Å². The normalized spacial score (nSPS) is 12.1. The Bertz CT molecular complexity index is 301. The minimum atomic E-state index is 0.0341. The molecule has 62 valence electrons. The van der Waals surface area contributed by atoms with Gasteiger partial charge < -0.3 is 0 Å². The molecule has 1 nitrogen and oxygen atoms in total. The lowest BCUT2D eigenvalue weighted by atomic mass is 10.2. The van der Waals surface area contributed by atoms with Crippen LogP contribution in [0.3, 0.4) is 0 Å². The maximum atomic E-state index is 8.59. The minimum Gasteiger partial charge on any atom is -0.197 e. The highest BCUT2D eigenvalue weighted by atomic mass is 32.2. The van der Waals surface area contributed by atoms with Crippen LogP contribution < -0.4 is 0 Å². The van der Waals surface area contributed by atoms with Gasteiger partial charge in [0, 0.05) is 4.90 Å². The Morgan fingerprint density at radius 3 is 2.83 bits per heavy atom. The predicted octanol–water partition coefficient (Wildman–Crippen LogP) is 3.00. The van der Waals surface area contributed by atoms with Crippen LogP contribution >= 0.6 is 11.8 Å². The molecule has 1 aromatic carbocycles. The molecule has 1 rings (SSSR count). The average molecular weight is 177 g/mol. The van der Waals surface area contributed by atoms with Crippen LogP contribution in [0, 0.1) is 18.3 Å². The van der Waals surface area contributed by atoms with E-state index in [-0.39, 0.29) is 5.25 Å². The summed E-state index contributed by atoms with van der Waals surface area (Å²) >= 11 is 1.60. The first-order valence-electron chi connectivity index (χ1n) is 3.85. The monoisotopic (exact) mass is 177 g/mol. The maximum Gasteiger partial charge on any atom is 0.0935 e. The molecule has 12 heavy (non-hydrogen) atoms. The predicted molar refractivity (Wildman–Crippen MR) is 52.1 cm³/mol. The van der Waals surface area contributed by atoms with Crippen LogP contribution in [0.1, 0.15) is 12.5 Å². The van der Waals surface area contributed by atoms with E-state index in [4.69, 9.17) is 5.26 Å². The highest BCUT2D eigenvalue weighted by Gasteiger charge is 2.01. The number of nitrogens with zero attached hydrogens (tertiary/aromatic N) is 1. The summed E-state index contributed by atoms with van der Waals surface area (Å²) in [7, 11) is 0. The number of hydrogen-bond donors (Lipinski definition) is 0. The molecule has 0 fully saturated rings. The Morgan fingerprint density at radius 1 is 1.50 bits per heavy atom. The van der Waals surface area contributed by atoms with Crippen molar-refractivity contribution in [1.82, 2.24) is 0 Å². The van der Waals surface area contributed by atoms with Gasteiger partial charge in [-0.2, -0.15) is 5.26 Å². The topological polar surface area (TPSA) is 23.8 Å². The van der Waals surface area contributed by atoms with Gasteiger partial charge in [0.05, 0.1) is 11.3 Å². The Labute approximate surface area is 77.4 Å². The van der Waals surface area contributed by atoms with Crippen molar-refractivity contribution < 1.29 is 0 Å². The molecule has 1 unspecified atom stereocenters. The Hall–Kier alpha value is -0.940. The van der Waals surface area contributed by atoms with Gasteiger partial charge in [-0.15, -0.1) is 11.8 Å². The maximum absolute atomic E-state index is 8.59. The second-order valence-corrected chi connectivity index (χ2v) is 4.12. The zero-order valence-corrected chi connectivity index (χ0v) is 8.06. The summed E-state index contributed by atoms with van der Waals surface area (Å²) in [5.74, 6) is 0. The van der Waals surface area contributed by atoms with Gasteiger partial charge >= 0.3 is 0 Å². The standard InChI is InChI=1S/C10H11NS/c1-8-4-3-5-10(6-8)12-9(2)7-11/h3-6,9H,1-2H3. The fraction of sp³-hybridized carbons (Fsp3) is 0.300. The molecule has 1 aromatic rings. The van der Waals surface area contributed by atoms with Crippen molar-refractivity contribution in [2.45, 2.75) is 24.0 Å². The van der Waals surface area contributed by atoms with Gasteiger partial charge in [-0.1, -0.05) is 17.7 Å². The molecule has 0 aliphatic heterocycles. The summed E-state index contributed by atoms with van der Waals surface area (Å²) in [5.41, 5.74) is 1.24. The van der Waals surface area contributed by atoms with Gasteiger partial charge in [-0.3, -0.25) is 0 Å². The van der Waals surface area contributed by atoms with Crippen LogP contribution in [0.15, 0.2) is 29.2 Å². The molecule has 0 heterocycles. The SMILES string of the molecule is Cc1cccc(SC(C)C#N)c1. The van der Waals surface area contributed by atoms with E-state index in [0.29, 0.717) is 0 Å². The highest BCUT2D eigenvalue weighted by molar-refractivity contribution is 8.00. The third kappa shape index (κ3) is 2.60. The molecule has 0 saturated carbocycles. The quantitative estimate of drug-likeness (QED) is 0.648. The van der Waals surface area contributed by atoms with Gasteiger partial charge in [-0.25, -0.2) is 0 Å². The summed E-state index contributed by atoms with van der Waals surface area (Å²) < 4.78 is 0. The van der Waals surface area contributed by atoms with E-state index >= 15 is 0 Å². The summed E-state index contributed by atoms with van der Waals surface area (Å²) in [6, 6.07) is 10.4. The largest absolute Gasteiger partial charge is 0.197 e. The zero-order valence-electron chi connectivity index (χ0n) is 7.24. The molecule has 0 aliphatic rings. The third-order valence-corrected chi connectivity index (χ3v) is 2.47. The first kappa shape index (κ1) is 9.15. The van der Waals surface area contributed by atoms with Crippen molar-refractivity contribution >= 4 is 11.8 Å². The van der Waals surface area contributed by atoms with Crippen molar-refractivity contribution in [1.29, 1.82) is 5.26 Å². The molecule has 2 heteroatoms. The second-order valence-electron chi connectivity index (χ2n) is 2.71. The van der Waals surface area contributed by atoms with E-state index in [1.165, 1.54) is 10.5 Å². The number of rotatable bonds is 2. The molecule has 0 aromatic heterocycles. The molecule has 0 radical (unpaired) electrons. The van der Waals surface area contributed by atoms with Gasteiger partial charge in [0.1, 0.15) is 0 Å². The molecular weight excluding hydrogens is 166 g/mol. The van der Waals surface area contributed by atoms with Crippen molar-refractivity contribution in [3.63, 3.8) is 0 Å². The van der Waals surface area contributed by atoms with Gasteiger partial charge in [-0.05, 0) is 26.0 Å². The number of benzene rings is 1. The second kappa shape index (κ2) is 4.18. The number of thioether (sulfide) groups is 1. The lowest BCUT2D eigenvalue weighted by Crippen LogP contribution is -1.88. The van der Waals surface area contributed by atoms with Crippen molar-refractivity contribution in [2.75, 3.05) is 0 Å². The van der Waals surface area contributed by atoms with Gasteiger partial charge in [0.15, 0.2) is 0 Å². The van der Waals surface area contributed by atoms with E-state index in [1.54, 1.807) is 11.8 Å². The summed E-state index contributed by atoms with van der Waals surface area (Å²) in [5, 5.41) is 8.63. The number of nitriles is 1. The van der Waals surface area contributed by atoms with Crippen LogP contribution in [0.5, 0.6) is 0 Å². The molecule has 0 spiro atoms. The highest BCUT2D eigenvalue weighted by Crippen LogP contribution is 2.22. The molecule has 0 N–H and O–H groups in total. The Morgan fingerprint density at radius 2 is 2.25 bits per heavy atom. The molecule has 0 aliphatic carbocycles. The minimum absolute atomic E-state index is 0.0341. The van der Waals surface area contributed by atoms with E-state index < -0.39 is 0 Å². The van der Waals surface area contributed by atoms with Gasteiger partial charge in [0.25, 0.3) is 0 Å². The Kier molecular flexibility index (Phi) is 3.19. The first-order chi connectivity index (χ1) is 5.72. The van der Waals surface area contributed by atoms with E-state index in [2.05, 4.69) is 25.1 Å². The molecule has 0 bridgehead atoms. The average Bonchev–Trinajstić information content (AvgIpc) is 2.04. The van der Waals surface area contributed by atoms with Crippen molar-refractivity contribution in [3.8, 4) is 6.07 Å².